The van der Waals surface area contributed by atoms with Gasteiger partial charge in [0.15, 0.2) is 11.9 Å². The number of carbonyl (C=O) groups is 2. The maximum atomic E-state index is 12.6. The second-order valence-corrected chi connectivity index (χ2v) is 6.22. The van der Waals surface area contributed by atoms with E-state index < -0.39 is 6.10 Å². The Morgan fingerprint density at radius 3 is 2.43 bits per heavy atom. The summed E-state index contributed by atoms with van der Waals surface area (Å²) < 4.78 is 5.64. The van der Waals surface area contributed by atoms with Crippen molar-refractivity contribution in [3.8, 4) is 5.75 Å². The van der Waals surface area contributed by atoms with Gasteiger partial charge in [-0.3, -0.25) is 9.59 Å². The first kappa shape index (κ1) is 17.6. The number of H-pyrrole nitrogens is 1. The number of ketones is 2. The molecule has 23 heavy (non-hydrogen) atoms. The molecule has 0 bridgehead atoms. The number of nitrogens with one attached hydrogen (secondary N) is 1. The molecule has 0 saturated carbocycles. The first-order valence-electron chi connectivity index (χ1n) is 7.08. The minimum absolute atomic E-state index is 0.0817. The molecule has 1 aromatic heterocycles. The summed E-state index contributed by atoms with van der Waals surface area (Å²) in [6.07, 6.45) is -0.775. The topological polar surface area (TPSA) is 59.2 Å². The fraction of sp³-hybridized carbons (Fsp3) is 0.294. The van der Waals surface area contributed by atoms with Crippen LogP contribution < -0.4 is 4.74 Å². The molecule has 0 unspecified atom stereocenters. The van der Waals surface area contributed by atoms with E-state index in [1.54, 1.807) is 39.0 Å². The van der Waals surface area contributed by atoms with E-state index in [1.165, 1.54) is 6.92 Å². The van der Waals surface area contributed by atoms with Crippen LogP contribution in [0.5, 0.6) is 5.75 Å². The standard InChI is InChI=1S/C17H17Cl2NO3/c1-8-15(10(3)21)9(2)20-16(8)17(22)11(4)23-14-7-12(18)5-6-13(14)19/h5-7,11,20H,1-4H3/t11-/m1/s1. The quantitative estimate of drug-likeness (QED) is 0.786. The number of benzene rings is 1. The molecule has 0 fully saturated rings. The summed E-state index contributed by atoms with van der Waals surface area (Å²) in [5.41, 5.74) is 2.22. The lowest BCUT2D eigenvalue weighted by Gasteiger charge is -2.15. The zero-order chi connectivity index (χ0) is 17.3. The van der Waals surface area contributed by atoms with Gasteiger partial charge in [0.2, 0.25) is 5.78 Å². The zero-order valence-corrected chi connectivity index (χ0v) is 14.8. The van der Waals surface area contributed by atoms with E-state index in [4.69, 9.17) is 27.9 Å². The van der Waals surface area contributed by atoms with Gasteiger partial charge in [-0.05, 0) is 45.4 Å². The molecule has 1 atom stereocenters. The molecule has 0 spiro atoms. The van der Waals surface area contributed by atoms with Crippen LogP contribution in [0.1, 0.15) is 46.0 Å². The van der Waals surface area contributed by atoms with Gasteiger partial charge in [0.1, 0.15) is 5.75 Å². The average Bonchev–Trinajstić information content (AvgIpc) is 2.77. The third-order valence-corrected chi connectivity index (χ3v) is 4.15. The van der Waals surface area contributed by atoms with Gasteiger partial charge in [0, 0.05) is 22.3 Å². The molecule has 4 nitrogen and oxygen atoms in total. The van der Waals surface area contributed by atoms with E-state index in [2.05, 4.69) is 4.98 Å². The predicted molar refractivity (Wildman–Crippen MR) is 91.2 cm³/mol. The smallest absolute Gasteiger partial charge is 0.219 e. The van der Waals surface area contributed by atoms with E-state index in [-0.39, 0.29) is 11.6 Å². The number of halogens is 2. The van der Waals surface area contributed by atoms with Gasteiger partial charge >= 0.3 is 0 Å². The van der Waals surface area contributed by atoms with Gasteiger partial charge in [-0.25, -0.2) is 0 Å². The number of ether oxygens (including phenoxy) is 1. The molecule has 2 aromatic rings. The second kappa shape index (κ2) is 6.77. The lowest BCUT2D eigenvalue weighted by atomic mass is 10.0. The number of carbonyl (C=O) groups excluding carboxylic acids is 2. The average molecular weight is 354 g/mol. The number of aromatic nitrogens is 1. The van der Waals surface area contributed by atoms with Crippen LogP contribution in [0.4, 0.5) is 0 Å². The molecule has 1 aromatic carbocycles. The minimum atomic E-state index is -0.775. The largest absolute Gasteiger partial charge is 0.481 e. The molecule has 0 saturated heterocycles. The maximum Gasteiger partial charge on any atom is 0.219 e. The molecular weight excluding hydrogens is 337 g/mol. The third kappa shape index (κ3) is 3.59. The summed E-state index contributed by atoms with van der Waals surface area (Å²) in [5.74, 6) is 0.00337. The molecule has 122 valence electrons. The van der Waals surface area contributed by atoms with Crippen LogP contribution in [0.15, 0.2) is 18.2 Å². The maximum absolute atomic E-state index is 12.6. The van der Waals surface area contributed by atoms with E-state index in [0.717, 1.165) is 0 Å². The Morgan fingerprint density at radius 2 is 1.87 bits per heavy atom. The van der Waals surface area contributed by atoms with E-state index >= 15 is 0 Å². The van der Waals surface area contributed by atoms with E-state index in [1.807, 2.05) is 0 Å². The second-order valence-electron chi connectivity index (χ2n) is 5.38. The van der Waals surface area contributed by atoms with Crippen LogP contribution in [0.3, 0.4) is 0 Å². The van der Waals surface area contributed by atoms with Crippen molar-refractivity contribution in [1.29, 1.82) is 0 Å². The number of aromatic amines is 1. The van der Waals surface area contributed by atoms with Crippen molar-refractivity contribution in [3.63, 3.8) is 0 Å². The molecule has 0 aliphatic heterocycles. The Hall–Kier alpha value is -1.78. The highest BCUT2D eigenvalue weighted by molar-refractivity contribution is 6.34. The number of Topliss-reactive ketones (excluding diaryl/α,β-unsaturated/α-hetero) is 2. The first-order chi connectivity index (χ1) is 10.7. The molecular formula is C17H17Cl2NO3. The molecule has 0 radical (unpaired) electrons. The molecule has 0 amide bonds. The number of hydrogen-bond donors (Lipinski definition) is 1. The fourth-order valence-corrected chi connectivity index (χ4v) is 2.86. The van der Waals surface area contributed by atoms with E-state index in [0.29, 0.717) is 38.3 Å². The highest BCUT2D eigenvalue weighted by Crippen LogP contribution is 2.29. The minimum Gasteiger partial charge on any atom is -0.481 e. The van der Waals surface area contributed by atoms with Crippen molar-refractivity contribution in [3.05, 3.63) is 50.8 Å². The van der Waals surface area contributed by atoms with Crippen molar-refractivity contribution in [2.75, 3.05) is 0 Å². The van der Waals surface area contributed by atoms with Crippen molar-refractivity contribution in [1.82, 2.24) is 4.98 Å². The van der Waals surface area contributed by atoms with Gasteiger partial charge in [-0.1, -0.05) is 23.2 Å². The molecule has 0 aliphatic rings. The van der Waals surface area contributed by atoms with Gasteiger partial charge in [0.25, 0.3) is 0 Å². The highest BCUT2D eigenvalue weighted by Gasteiger charge is 2.25. The third-order valence-electron chi connectivity index (χ3n) is 3.60. The molecule has 6 heteroatoms. The Morgan fingerprint density at radius 1 is 1.22 bits per heavy atom. The van der Waals surface area contributed by atoms with Gasteiger partial charge in [0.05, 0.1) is 10.7 Å². The number of aryl methyl sites for hydroxylation is 1. The van der Waals surface area contributed by atoms with Crippen LogP contribution in [0.2, 0.25) is 10.0 Å². The summed E-state index contributed by atoms with van der Waals surface area (Å²) in [4.78, 5) is 27.3. The van der Waals surface area contributed by atoms with Crippen LogP contribution >= 0.6 is 23.2 Å². The predicted octanol–water partition coefficient (Wildman–Crippen LogP) is 4.79. The Bertz CT molecular complexity index is 780. The molecule has 1 heterocycles. The van der Waals surface area contributed by atoms with E-state index in [9.17, 15) is 9.59 Å². The summed E-state index contributed by atoms with van der Waals surface area (Å²) in [6.45, 7) is 6.61. The van der Waals surface area contributed by atoms with Crippen LogP contribution in [-0.2, 0) is 0 Å². The van der Waals surface area contributed by atoms with Crippen molar-refractivity contribution < 1.29 is 14.3 Å². The first-order valence-corrected chi connectivity index (χ1v) is 7.84. The summed E-state index contributed by atoms with van der Waals surface area (Å²) >= 11 is 12.0. The summed E-state index contributed by atoms with van der Waals surface area (Å²) in [7, 11) is 0. The lowest BCUT2D eigenvalue weighted by molar-refractivity contribution is 0.0813. The van der Waals surface area contributed by atoms with Gasteiger partial charge in [-0.2, -0.15) is 0 Å². The van der Waals surface area contributed by atoms with Crippen LogP contribution in [-0.4, -0.2) is 22.7 Å². The summed E-state index contributed by atoms with van der Waals surface area (Å²) in [5, 5.41) is 0.840. The molecule has 0 aliphatic carbocycles. The summed E-state index contributed by atoms with van der Waals surface area (Å²) in [6, 6.07) is 4.80. The lowest BCUT2D eigenvalue weighted by Crippen LogP contribution is -2.25. The Balaban J connectivity index is 2.28. The Labute approximate surface area is 144 Å². The van der Waals surface area contributed by atoms with Crippen molar-refractivity contribution >= 4 is 34.8 Å². The van der Waals surface area contributed by atoms with Crippen molar-refractivity contribution in [2.45, 2.75) is 33.8 Å². The molecule has 1 N–H and O–H groups in total. The number of hydrogen-bond acceptors (Lipinski definition) is 3. The monoisotopic (exact) mass is 353 g/mol. The highest BCUT2D eigenvalue weighted by atomic mass is 35.5. The number of rotatable bonds is 5. The van der Waals surface area contributed by atoms with Crippen molar-refractivity contribution in [2.24, 2.45) is 0 Å². The normalized spacial score (nSPS) is 12.1. The SMILES string of the molecule is CC(=O)c1c(C)[nH]c(C(=O)[C@@H](C)Oc2cc(Cl)ccc2Cl)c1C. The van der Waals surface area contributed by atoms with Crippen LogP contribution in [0.25, 0.3) is 0 Å². The van der Waals surface area contributed by atoms with Gasteiger partial charge < -0.3 is 9.72 Å². The van der Waals surface area contributed by atoms with Gasteiger partial charge in [-0.15, -0.1) is 0 Å². The Kier molecular flexibility index (Phi) is 5.17. The molecule has 2 rings (SSSR count). The van der Waals surface area contributed by atoms with Crippen LogP contribution in [0, 0.1) is 13.8 Å². The zero-order valence-electron chi connectivity index (χ0n) is 13.3. The fourth-order valence-electron chi connectivity index (χ4n) is 2.54.